The van der Waals surface area contributed by atoms with Crippen LogP contribution >= 0.6 is 0 Å². The van der Waals surface area contributed by atoms with Crippen molar-refractivity contribution in [2.75, 3.05) is 0 Å². The lowest BCUT2D eigenvalue weighted by molar-refractivity contribution is -0.120. The molecule has 22 heavy (non-hydrogen) atoms. The van der Waals surface area contributed by atoms with Gasteiger partial charge in [0.1, 0.15) is 0 Å². The Labute approximate surface area is 130 Å². The van der Waals surface area contributed by atoms with Crippen molar-refractivity contribution in [2.45, 2.75) is 31.7 Å². The van der Waals surface area contributed by atoms with Crippen molar-refractivity contribution in [3.8, 4) is 6.07 Å². The number of nitrogens with one attached hydrogen (secondary N) is 1. The highest BCUT2D eigenvalue weighted by molar-refractivity contribution is 5.74. The van der Waals surface area contributed by atoms with Crippen LogP contribution in [-0.4, -0.2) is 11.4 Å². The second kappa shape index (κ2) is 5.31. The third-order valence-electron chi connectivity index (χ3n) is 4.38. The van der Waals surface area contributed by atoms with E-state index in [0.29, 0.717) is 5.56 Å². The number of fused-ring (bicyclic) bond motifs is 1. The van der Waals surface area contributed by atoms with Crippen molar-refractivity contribution in [1.29, 1.82) is 5.26 Å². The first kappa shape index (κ1) is 14.3. The summed E-state index contributed by atoms with van der Waals surface area (Å²) in [6.07, 6.45) is 0.771. The van der Waals surface area contributed by atoms with Gasteiger partial charge in [0.05, 0.1) is 17.2 Å². The molecule has 0 unspecified atom stereocenters. The quantitative estimate of drug-likeness (QED) is 0.923. The number of benzene rings is 2. The van der Waals surface area contributed by atoms with Gasteiger partial charge in [0.2, 0.25) is 5.91 Å². The maximum absolute atomic E-state index is 11.7. The van der Waals surface area contributed by atoms with Gasteiger partial charge in [0.25, 0.3) is 0 Å². The highest BCUT2D eigenvalue weighted by Gasteiger charge is 2.44. The Hall–Kier alpha value is -2.60. The highest BCUT2D eigenvalue weighted by Crippen LogP contribution is 2.45. The second-order valence-electron chi connectivity index (χ2n) is 6.14. The molecular weight excluding hydrogens is 272 g/mol. The minimum absolute atomic E-state index is 0.0308. The number of carbonyl (C=O) groups is 1. The summed E-state index contributed by atoms with van der Waals surface area (Å²) in [7, 11) is 0. The van der Waals surface area contributed by atoms with Gasteiger partial charge in [-0.25, -0.2) is 0 Å². The lowest BCUT2D eigenvalue weighted by Gasteiger charge is -2.33. The van der Waals surface area contributed by atoms with E-state index in [1.54, 1.807) is 6.92 Å². The summed E-state index contributed by atoms with van der Waals surface area (Å²) in [5.41, 5.74) is 3.79. The number of rotatable bonds is 2. The summed E-state index contributed by atoms with van der Waals surface area (Å²) < 4.78 is 0. The van der Waals surface area contributed by atoms with E-state index < -0.39 is 0 Å². The van der Waals surface area contributed by atoms with Gasteiger partial charge in [-0.1, -0.05) is 36.4 Å². The summed E-state index contributed by atoms with van der Waals surface area (Å²) in [6, 6.07) is 18.2. The summed E-state index contributed by atoms with van der Waals surface area (Å²) >= 11 is 0. The Balaban J connectivity index is 2.16. The van der Waals surface area contributed by atoms with Gasteiger partial charge in [0, 0.05) is 12.8 Å². The molecule has 3 heteroatoms. The van der Waals surface area contributed by atoms with E-state index in [-0.39, 0.29) is 17.4 Å². The zero-order chi connectivity index (χ0) is 15.7. The van der Waals surface area contributed by atoms with Crippen LogP contribution < -0.4 is 5.32 Å². The molecule has 110 valence electrons. The molecule has 0 saturated carbocycles. The molecule has 1 N–H and O–H groups in total. The molecule has 2 aromatic rings. The number of nitriles is 1. The maximum atomic E-state index is 11.7. The summed E-state index contributed by atoms with van der Waals surface area (Å²) in [5, 5.41) is 12.3. The Kier molecular flexibility index (Phi) is 3.46. The van der Waals surface area contributed by atoms with Crippen LogP contribution in [0.2, 0.25) is 0 Å². The fourth-order valence-corrected chi connectivity index (χ4v) is 3.65. The average Bonchev–Trinajstić information content (AvgIpc) is 2.77. The molecule has 0 spiro atoms. The van der Waals surface area contributed by atoms with Crippen molar-refractivity contribution in [3.63, 3.8) is 0 Å². The number of nitrogens with zero attached hydrogens (tertiary/aromatic N) is 1. The molecule has 0 saturated heterocycles. The molecule has 0 radical (unpaired) electrons. The molecular formula is C19H18N2O. The Bertz CT molecular complexity index is 761. The van der Waals surface area contributed by atoms with Gasteiger partial charge in [-0.3, -0.25) is 4.79 Å². The summed E-state index contributed by atoms with van der Waals surface area (Å²) in [5.74, 6) is 0.0256. The third-order valence-corrected chi connectivity index (χ3v) is 4.38. The van der Waals surface area contributed by atoms with Crippen LogP contribution in [0.3, 0.4) is 0 Å². The van der Waals surface area contributed by atoms with E-state index in [4.69, 9.17) is 0 Å². The van der Waals surface area contributed by atoms with Gasteiger partial charge in [-0.05, 0) is 42.2 Å². The molecule has 0 bridgehead atoms. The van der Waals surface area contributed by atoms with Crippen molar-refractivity contribution in [1.82, 2.24) is 5.32 Å². The Morgan fingerprint density at radius 1 is 1.27 bits per heavy atom. The average molecular weight is 290 g/mol. The van der Waals surface area contributed by atoms with Crippen molar-refractivity contribution in [2.24, 2.45) is 0 Å². The highest BCUT2D eigenvalue weighted by atomic mass is 16.1. The largest absolute Gasteiger partial charge is 0.350 e. The van der Waals surface area contributed by atoms with E-state index in [0.717, 1.165) is 17.5 Å². The van der Waals surface area contributed by atoms with Crippen molar-refractivity contribution < 1.29 is 4.79 Å². The lowest BCUT2D eigenvalue weighted by Crippen LogP contribution is -2.48. The zero-order valence-corrected chi connectivity index (χ0v) is 12.8. The number of carbonyl (C=O) groups excluding carboxylic acids is 1. The van der Waals surface area contributed by atoms with E-state index in [2.05, 4.69) is 30.4 Å². The first-order valence-electron chi connectivity index (χ1n) is 7.40. The SMILES string of the molecule is CC(=O)N[C@]1(C)Cc2ccc(C#N)cc2[C@@H]1c1ccccc1. The van der Waals surface area contributed by atoms with E-state index in [1.165, 1.54) is 5.56 Å². The molecule has 1 aliphatic carbocycles. The lowest BCUT2D eigenvalue weighted by atomic mass is 9.80. The standard InChI is InChI=1S/C19H18N2O/c1-13(22)21-19(2)11-16-9-8-14(12-20)10-17(16)18(19)15-6-4-3-5-7-15/h3-10,18H,11H2,1-2H3,(H,21,22)/t18-,19+/m0/s1. The normalized spacial score (nSPS) is 22.7. The second-order valence-corrected chi connectivity index (χ2v) is 6.14. The maximum Gasteiger partial charge on any atom is 0.217 e. The summed E-state index contributed by atoms with van der Waals surface area (Å²) in [6.45, 7) is 3.63. The van der Waals surface area contributed by atoms with Crippen LogP contribution in [-0.2, 0) is 11.2 Å². The summed E-state index contributed by atoms with van der Waals surface area (Å²) in [4.78, 5) is 11.7. The molecule has 0 fully saturated rings. The Morgan fingerprint density at radius 3 is 2.64 bits per heavy atom. The van der Waals surface area contributed by atoms with Gasteiger partial charge in [0.15, 0.2) is 0 Å². The van der Waals surface area contributed by atoms with Crippen LogP contribution in [0, 0.1) is 11.3 Å². The van der Waals surface area contributed by atoms with Crippen LogP contribution in [0.5, 0.6) is 0 Å². The smallest absolute Gasteiger partial charge is 0.217 e. The molecule has 0 aliphatic heterocycles. The number of hydrogen-bond acceptors (Lipinski definition) is 2. The number of amides is 1. The van der Waals surface area contributed by atoms with Crippen LogP contribution in [0.25, 0.3) is 0 Å². The van der Waals surface area contributed by atoms with Gasteiger partial charge in [-0.2, -0.15) is 5.26 Å². The predicted molar refractivity (Wildman–Crippen MR) is 85.4 cm³/mol. The fraction of sp³-hybridized carbons (Fsp3) is 0.263. The zero-order valence-electron chi connectivity index (χ0n) is 12.8. The molecule has 0 heterocycles. The fourth-order valence-electron chi connectivity index (χ4n) is 3.65. The predicted octanol–water partition coefficient (Wildman–Crippen LogP) is 3.14. The molecule has 1 amide bonds. The minimum Gasteiger partial charge on any atom is -0.350 e. The Morgan fingerprint density at radius 2 is 2.00 bits per heavy atom. The molecule has 1 aliphatic rings. The van der Waals surface area contributed by atoms with Crippen LogP contribution in [0.15, 0.2) is 48.5 Å². The van der Waals surface area contributed by atoms with Crippen LogP contribution in [0.4, 0.5) is 0 Å². The first-order valence-corrected chi connectivity index (χ1v) is 7.40. The first-order chi connectivity index (χ1) is 10.5. The van der Waals surface area contributed by atoms with Crippen molar-refractivity contribution >= 4 is 5.91 Å². The molecule has 2 aromatic carbocycles. The van der Waals surface area contributed by atoms with Gasteiger partial charge in [-0.15, -0.1) is 0 Å². The molecule has 3 nitrogen and oxygen atoms in total. The van der Waals surface area contributed by atoms with Gasteiger partial charge >= 0.3 is 0 Å². The molecule has 0 aromatic heterocycles. The monoisotopic (exact) mass is 290 g/mol. The van der Waals surface area contributed by atoms with E-state index in [1.807, 2.05) is 36.4 Å². The van der Waals surface area contributed by atoms with E-state index >= 15 is 0 Å². The van der Waals surface area contributed by atoms with Crippen molar-refractivity contribution in [3.05, 3.63) is 70.8 Å². The molecule has 2 atom stereocenters. The topological polar surface area (TPSA) is 52.9 Å². The third kappa shape index (κ3) is 2.37. The van der Waals surface area contributed by atoms with Gasteiger partial charge < -0.3 is 5.32 Å². The minimum atomic E-state index is -0.371. The molecule has 3 rings (SSSR count). The number of hydrogen-bond donors (Lipinski definition) is 1. The van der Waals surface area contributed by atoms with Crippen LogP contribution in [0.1, 0.15) is 42.0 Å². The van der Waals surface area contributed by atoms with E-state index in [9.17, 15) is 10.1 Å².